The van der Waals surface area contributed by atoms with Crippen LogP contribution >= 0.6 is 35.2 Å². The molecule has 0 aliphatic carbocycles. The number of thiophene rings is 1. The molecule has 0 unspecified atom stereocenters. The van der Waals surface area contributed by atoms with Crippen molar-refractivity contribution >= 4 is 35.2 Å². The molecule has 0 spiro atoms. The van der Waals surface area contributed by atoms with Gasteiger partial charge in [-0.25, -0.2) is 0 Å². The Morgan fingerprint density at radius 3 is 2.67 bits per heavy atom. The van der Waals surface area contributed by atoms with E-state index in [1.165, 1.54) is 10.6 Å². The van der Waals surface area contributed by atoms with Crippen LogP contribution in [0, 0.1) is 4.77 Å². The lowest BCUT2D eigenvalue weighted by Crippen LogP contribution is -2.18. The Kier molecular flexibility index (Phi) is 3.99. The third kappa shape index (κ3) is 3.05. The smallest absolute Gasteiger partial charge is 0.177 e. The van der Waals surface area contributed by atoms with Gasteiger partial charge in [0.15, 0.2) is 4.77 Å². The van der Waals surface area contributed by atoms with Crippen molar-refractivity contribution in [1.29, 1.82) is 0 Å². The number of halogens is 1. The van der Waals surface area contributed by atoms with Gasteiger partial charge in [-0.1, -0.05) is 32.4 Å². The van der Waals surface area contributed by atoms with Gasteiger partial charge in [0.25, 0.3) is 0 Å². The van der Waals surface area contributed by atoms with Gasteiger partial charge < -0.3 is 9.55 Å². The van der Waals surface area contributed by atoms with Crippen molar-refractivity contribution in [2.24, 2.45) is 0 Å². The second-order valence-electron chi connectivity index (χ2n) is 5.34. The summed E-state index contributed by atoms with van der Waals surface area (Å²) in [6, 6.07) is 4.03. The van der Waals surface area contributed by atoms with Crippen LogP contribution in [0.4, 0.5) is 0 Å². The van der Waals surface area contributed by atoms with Crippen molar-refractivity contribution in [2.75, 3.05) is 0 Å². The summed E-state index contributed by atoms with van der Waals surface area (Å²) in [6.07, 6.45) is 2.98. The highest BCUT2D eigenvalue weighted by molar-refractivity contribution is 7.71. The van der Waals surface area contributed by atoms with Crippen molar-refractivity contribution in [1.82, 2.24) is 9.55 Å². The molecule has 5 heteroatoms. The molecule has 18 heavy (non-hydrogen) atoms. The van der Waals surface area contributed by atoms with E-state index in [2.05, 4.69) is 36.4 Å². The molecule has 0 radical (unpaired) electrons. The fourth-order valence-corrected chi connectivity index (χ4v) is 3.27. The number of aryl methyl sites for hydroxylation is 1. The van der Waals surface area contributed by atoms with Crippen LogP contribution in [-0.4, -0.2) is 9.55 Å². The van der Waals surface area contributed by atoms with Crippen LogP contribution in [0.1, 0.15) is 31.3 Å². The largest absolute Gasteiger partial charge is 0.337 e. The SMILES string of the molecule is CC(C)(C)c1c[nH]c(=S)n1CCc1ccc(Cl)s1. The maximum absolute atomic E-state index is 5.94. The topological polar surface area (TPSA) is 20.7 Å². The first-order valence-corrected chi connectivity index (χ1v) is 7.51. The van der Waals surface area contributed by atoms with Gasteiger partial charge in [0.1, 0.15) is 0 Å². The molecular formula is C13H17ClN2S2. The van der Waals surface area contributed by atoms with Crippen LogP contribution in [0.15, 0.2) is 18.3 Å². The fourth-order valence-electron chi connectivity index (χ4n) is 1.95. The lowest BCUT2D eigenvalue weighted by atomic mass is 9.92. The summed E-state index contributed by atoms with van der Waals surface area (Å²) in [5, 5.41) is 0. The Hall–Kier alpha value is -0.580. The number of aromatic amines is 1. The zero-order chi connectivity index (χ0) is 13.3. The van der Waals surface area contributed by atoms with Crippen molar-refractivity contribution in [3.05, 3.63) is 38.0 Å². The van der Waals surface area contributed by atoms with Crippen molar-refractivity contribution in [3.63, 3.8) is 0 Å². The molecule has 0 atom stereocenters. The van der Waals surface area contributed by atoms with Crippen molar-refractivity contribution in [2.45, 2.75) is 39.2 Å². The number of nitrogens with zero attached hydrogens (tertiary/aromatic N) is 1. The molecule has 0 bridgehead atoms. The molecular weight excluding hydrogens is 284 g/mol. The number of hydrogen-bond donors (Lipinski definition) is 1. The predicted octanol–water partition coefficient (Wildman–Crippen LogP) is 4.80. The van der Waals surface area contributed by atoms with Crippen molar-refractivity contribution in [3.8, 4) is 0 Å². The van der Waals surface area contributed by atoms with Crippen LogP contribution in [0.2, 0.25) is 4.34 Å². The number of aromatic nitrogens is 2. The summed E-state index contributed by atoms with van der Waals surface area (Å²) < 4.78 is 3.82. The highest BCUT2D eigenvalue weighted by Gasteiger charge is 2.19. The molecule has 2 heterocycles. The fraction of sp³-hybridized carbons (Fsp3) is 0.462. The van der Waals surface area contributed by atoms with Gasteiger partial charge in [-0.15, -0.1) is 11.3 Å². The highest BCUT2D eigenvalue weighted by Crippen LogP contribution is 2.25. The van der Waals surface area contributed by atoms with E-state index in [-0.39, 0.29) is 5.41 Å². The van der Waals surface area contributed by atoms with E-state index in [0.717, 1.165) is 22.1 Å². The van der Waals surface area contributed by atoms with Gasteiger partial charge in [-0.05, 0) is 30.8 Å². The monoisotopic (exact) mass is 300 g/mol. The van der Waals surface area contributed by atoms with Gasteiger partial charge >= 0.3 is 0 Å². The number of H-pyrrole nitrogens is 1. The summed E-state index contributed by atoms with van der Waals surface area (Å²) in [4.78, 5) is 4.43. The Bertz CT molecular complexity index is 587. The molecule has 2 aromatic heterocycles. The van der Waals surface area contributed by atoms with Crippen LogP contribution < -0.4 is 0 Å². The van der Waals surface area contributed by atoms with E-state index in [4.69, 9.17) is 23.8 Å². The molecule has 0 saturated carbocycles. The Morgan fingerprint density at radius 2 is 2.11 bits per heavy atom. The minimum absolute atomic E-state index is 0.0979. The second kappa shape index (κ2) is 5.19. The second-order valence-corrected chi connectivity index (χ2v) is 7.52. The number of rotatable bonds is 3. The summed E-state index contributed by atoms with van der Waals surface area (Å²) in [5.41, 5.74) is 1.34. The maximum Gasteiger partial charge on any atom is 0.177 e. The minimum atomic E-state index is 0.0979. The van der Waals surface area contributed by atoms with Crippen LogP contribution in [0.3, 0.4) is 0 Å². The van der Waals surface area contributed by atoms with E-state index in [1.807, 2.05) is 12.3 Å². The quantitative estimate of drug-likeness (QED) is 0.807. The first-order chi connectivity index (χ1) is 8.38. The molecule has 2 aromatic rings. The maximum atomic E-state index is 5.94. The van der Waals surface area contributed by atoms with Gasteiger partial charge in [0, 0.05) is 28.7 Å². The molecule has 1 N–H and O–H groups in total. The third-order valence-corrected chi connectivity index (χ3v) is 4.48. The van der Waals surface area contributed by atoms with Crippen LogP contribution in [-0.2, 0) is 18.4 Å². The highest BCUT2D eigenvalue weighted by atomic mass is 35.5. The van der Waals surface area contributed by atoms with E-state index < -0.39 is 0 Å². The molecule has 0 aromatic carbocycles. The minimum Gasteiger partial charge on any atom is -0.337 e. The first-order valence-electron chi connectivity index (χ1n) is 5.91. The first kappa shape index (κ1) is 13.8. The van der Waals surface area contributed by atoms with Crippen molar-refractivity contribution < 1.29 is 0 Å². The molecule has 0 aliphatic heterocycles. The summed E-state index contributed by atoms with van der Waals surface area (Å²) in [6.45, 7) is 7.49. The van der Waals surface area contributed by atoms with E-state index >= 15 is 0 Å². The number of hydrogen-bond acceptors (Lipinski definition) is 2. The van der Waals surface area contributed by atoms with Crippen LogP contribution in [0.5, 0.6) is 0 Å². The molecule has 0 aliphatic rings. The number of imidazole rings is 1. The third-order valence-electron chi connectivity index (χ3n) is 2.85. The Morgan fingerprint density at radius 1 is 1.39 bits per heavy atom. The molecule has 0 saturated heterocycles. The van der Waals surface area contributed by atoms with E-state index in [9.17, 15) is 0 Å². The normalized spacial score (nSPS) is 12.0. The van der Waals surface area contributed by atoms with Gasteiger partial charge in [0.2, 0.25) is 0 Å². The molecule has 0 amide bonds. The standard InChI is InChI=1S/C13H17ClN2S2/c1-13(2,3)10-8-15-12(17)16(10)7-6-9-4-5-11(14)18-9/h4-5,8H,6-7H2,1-3H3,(H,15,17). The molecule has 98 valence electrons. The average molecular weight is 301 g/mol. The van der Waals surface area contributed by atoms with E-state index in [1.54, 1.807) is 11.3 Å². The van der Waals surface area contributed by atoms with Gasteiger partial charge in [0.05, 0.1) is 4.34 Å². The van der Waals surface area contributed by atoms with Gasteiger partial charge in [-0.2, -0.15) is 0 Å². The molecule has 2 rings (SSSR count). The zero-order valence-electron chi connectivity index (χ0n) is 10.8. The summed E-state index contributed by atoms with van der Waals surface area (Å²) in [7, 11) is 0. The van der Waals surface area contributed by atoms with Crippen LogP contribution in [0.25, 0.3) is 0 Å². The predicted molar refractivity (Wildman–Crippen MR) is 81.3 cm³/mol. The summed E-state index contributed by atoms with van der Waals surface area (Å²) >= 11 is 12.9. The zero-order valence-corrected chi connectivity index (χ0v) is 13.2. The molecule has 0 fully saturated rings. The Labute approximate surface area is 122 Å². The molecule has 2 nitrogen and oxygen atoms in total. The number of nitrogens with one attached hydrogen (secondary N) is 1. The Balaban J connectivity index is 2.19. The average Bonchev–Trinajstić information content (AvgIpc) is 2.81. The lowest BCUT2D eigenvalue weighted by Gasteiger charge is -2.20. The van der Waals surface area contributed by atoms with E-state index in [0.29, 0.717) is 0 Å². The lowest BCUT2D eigenvalue weighted by molar-refractivity contribution is 0.514. The summed E-state index contributed by atoms with van der Waals surface area (Å²) in [5.74, 6) is 0. The van der Waals surface area contributed by atoms with Gasteiger partial charge in [-0.3, -0.25) is 0 Å².